The van der Waals surface area contributed by atoms with Crippen LogP contribution >= 0.6 is 11.3 Å². The van der Waals surface area contributed by atoms with Crippen LogP contribution in [-0.2, 0) is 7.05 Å². The number of hydrogen-bond donors (Lipinski definition) is 1. The van der Waals surface area contributed by atoms with Gasteiger partial charge in [-0.25, -0.2) is 4.98 Å². The van der Waals surface area contributed by atoms with Crippen molar-refractivity contribution in [2.24, 2.45) is 7.05 Å². The molecule has 0 unspecified atom stereocenters. The minimum atomic E-state index is 0.254. The molecule has 3 aromatic rings. The van der Waals surface area contributed by atoms with Crippen molar-refractivity contribution in [3.05, 3.63) is 41.9 Å². The van der Waals surface area contributed by atoms with Gasteiger partial charge in [-0.2, -0.15) is 5.10 Å². The van der Waals surface area contributed by atoms with Crippen molar-refractivity contribution in [1.82, 2.24) is 14.8 Å². The van der Waals surface area contributed by atoms with Gasteiger partial charge in [-0.05, 0) is 18.2 Å². The fourth-order valence-corrected chi connectivity index (χ4v) is 2.60. The number of phenolic OH excluding ortho intramolecular Hbond substituents is 1. The van der Waals surface area contributed by atoms with Crippen LogP contribution in [0.15, 0.2) is 41.9 Å². The first-order valence-corrected chi connectivity index (χ1v) is 6.35. The Morgan fingerprint density at radius 2 is 2.17 bits per heavy atom. The summed E-state index contributed by atoms with van der Waals surface area (Å²) in [6.07, 6.45) is 1.75. The average molecular weight is 257 g/mol. The Morgan fingerprint density at radius 1 is 1.28 bits per heavy atom. The van der Waals surface area contributed by atoms with Crippen LogP contribution < -0.4 is 0 Å². The molecule has 1 N–H and O–H groups in total. The molecule has 0 aliphatic carbocycles. The van der Waals surface area contributed by atoms with Crippen LogP contribution in [0, 0.1) is 0 Å². The van der Waals surface area contributed by atoms with E-state index in [1.807, 2.05) is 30.6 Å². The Balaban J connectivity index is 2.02. The van der Waals surface area contributed by atoms with Crippen LogP contribution in [0.4, 0.5) is 0 Å². The molecule has 0 aliphatic heterocycles. The van der Waals surface area contributed by atoms with E-state index < -0.39 is 0 Å². The maximum atomic E-state index is 9.47. The van der Waals surface area contributed by atoms with E-state index >= 15 is 0 Å². The molecule has 18 heavy (non-hydrogen) atoms. The van der Waals surface area contributed by atoms with Crippen molar-refractivity contribution in [1.29, 1.82) is 0 Å². The number of benzene rings is 1. The highest BCUT2D eigenvalue weighted by atomic mass is 32.1. The third-order valence-corrected chi connectivity index (χ3v) is 3.57. The minimum Gasteiger partial charge on any atom is -0.508 e. The first kappa shape index (κ1) is 11.0. The zero-order valence-corrected chi connectivity index (χ0v) is 10.6. The molecule has 0 aliphatic rings. The van der Waals surface area contributed by atoms with Gasteiger partial charge in [-0.3, -0.25) is 4.68 Å². The van der Waals surface area contributed by atoms with E-state index in [1.165, 1.54) is 0 Å². The van der Waals surface area contributed by atoms with Gasteiger partial charge in [0, 0.05) is 24.2 Å². The van der Waals surface area contributed by atoms with Gasteiger partial charge >= 0.3 is 0 Å². The van der Waals surface area contributed by atoms with Gasteiger partial charge in [0.2, 0.25) is 0 Å². The van der Waals surface area contributed by atoms with E-state index in [0.29, 0.717) is 0 Å². The molecule has 5 heteroatoms. The van der Waals surface area contributed by atoms with Crippen molar-refractivity contribution in [3.8, 4) is 27.7 Å². The molecule has 90 valence electrons. The van der Waals surface area contributed by atoms with Crippen LogP contribution in [0.2, 0.25) is 0 Å². The first-order chi connectivity index (χ1) is 8.74. The van der Waals surface area contributed by atoms with E-state index in [9.17, 15) is 5.11 Å². The molecule has 1 aromatic carbocycles. The second-order valence-corrected chi connectivity index (χ2v) is 4.79. The summed E-state index contributed by atoms with van der Waals surface area (Å²) in [5.41, 5.74) is 2.81. The largest absolute Gasteiger partial charge is 0.508 e. The number of aromatic nitrogens is 3. The van der Waals surface area contributed by atoms with Gasteiger partial charge in [-0.1, -0.05) is 12.1 Å². The zero-order valence-electron chi connectivity index (χ0n) is 9.74. The van der Waals surface area contributed by atoms with Gasteiger partial charge in [0.25, 0.3) is 0 Å². The van der Waals surface area contributed by atoms with Crippen LogP contribution in [0.25, 0.3) is 22.0 Å². The highest BCUT2D eigenvalue weighted by Crippen LogP contribution is 2.29. The molecule has 0 radical (unpaired) electrons. The van der Waals surface area contributed by atoms with Gasteiger partial charge in [0.15, 0.2) is 0 Å². The second kappa shape index (κ2) is 4.27. The molecule has 0 amide bonds. The molecule has 4 nitrogen and oxygen atoms in total. The molecule has 0 bridgehead atoms. The van der Waals surface area contributed by atoms with E-state index in [-0.39, 0.29) is 5.75 Å². The second-order valence-electron chi connectivity index (χ2n) is 3.93. The van der Waals surface area contributed by atoms with Crippen molar-refractivity contribution < 1.29 is 5.11 Å². The lowest BCUT2D eigenvalue weighted by Crippen LogP contribution is -1.93. The standard InChI is InChI=1S/C13H11N3OS/c1-16-12(5-6-14-16)11-8-18-13(15-11)9-3-2-4-10(17)7-9/h2-8,17H,1H3. The third kappa shape index (κ3) is 1.89. The molecule has 0 atom stereocenters. The van der Waals surface area contributed by atoms with E-state index in [2.05, 4.69) is 10.1 Å². The van der Waals surface area contributed by atoms with Crippen molar-refractivity contribution >= 4 is 11.3 Å². The van der Waals surface area contributed by atoms with Crippen LogP contribution in [0.3, 0.4) is 0 Å². The molecule has 0 spiro atoms. The quantitative estimate of drug-likeness (QED) is 0.768. The molecular formula is C13H11N3OS. The summed E-state index contributed by atoms with van der Waals surface area (Å²) in [6.45, 7) is 0. The number of hydrogen-bond acceptors (Lipinski definition) is 4. The van der Waals surface area contributed by atoms with Gasteiger partial charge in [0.1, 0.15) is 10.8 Å². The number of aryl methyl sites for hydroxylation is 1. The van der Waals surface area contributed by atoms with Crippen LogP contribution in [0.5, 0.6) is 5.75 Å². The Kier molecular flexibility index (Phi) is 2.60. The Labute approximate surface area is 108 Å². The summed E-state index contributed by atoms with van der Waals surface area (Å²) in [6, 6.07) is 9.05. The van der Waals surface area contributed by atoms with Crippen LogP contribution in [-0.4, -0.2) is 19.9 Å². The maximum Gasteiger partial charge on any atom is 0.124 e. The lowest BCUT2D eigenvalue weighted by atomic mass is 10.2. The summed E-state index contributed by atoms with van der Waals surface area (Å²) in [4.78, 5) is 4.57. The summed E-state index contributed by atoms with van der Waals surface area (Å²) in [7, 11) is 1.89. The molecule has 2 heterocycles. The topological polar surface area (TPSA) is 50.9 Å². The monoisotopic (exact) mass is 257 g/mol. The highest BCUT2D eigenvalue weighted by molar-refractivity contribution is 7.13. The first-order valence-electron chi connectivity index (χ1n) is 5.47. The van der Waals surface area contributed by atoms with E-state index in [4.69, 9.17) is 0 Å². The summed E-state index contributed by atoms with van der Waals surface area (Å²) in [5.74, 6) is 0.254. The Bertz CT molecular complexity index is 687. The fraction of sp³-hybridized carbons (Fsp3) is 0.0769. The summed E-state index contributed by atoms with van der Waals surface area (Å²) < 4.78 is 1.79. The number of nitrogens with zero attached hydrogens (tertiary/aromatic N) is 3. The fourth-order valence-electron chi connectivity index (χ4n) is 1.79. The van der Waals surface area contributed by atoms with Crippen molar-refractivity contribution in [3.63, 3.8) is 0 Å². The Hall–Kier alpha value is -2.14. The molecule has 0 saturated heterocycles. The third-order valence-electron chi connectivity index (χ3n) is 2.68. The number of aromatic hydroxyl groups is 1. The normalized spacial score (nSPS) is 10.7. The lowest BCUT2D eigenvalue weighted by Gasteiger charge is -1.98. The summed E-state index contributed by atoms with van der Waals surface area (Å²) >= 11 is 1.55. The Morgan fingerprint density at radius 3 is 2.89 bits per heavy atom. The van der Waals surface area contributed by atoms with Gasteiger partial charge in [-0.15, -0.1) is 11.3 Å². The zero-order chi connectivity index (χ0) is 12.5. The van der Waals surface area contributed by atoms with E-state index in [0.717, 1.165) is 22.0 Å². The van der Waals surface area contributed by atoms with Crippen molar-refractivity contribution in [2.75, 3.05) is 0 Å². The van der Waals surface area contributed by atoms with E-state index in [1.54, 1.807) is 34.3 Å². The van der Waals surface area contributed by atoms with Crippen molar-refractivity contribution in [2.45, 2.75) is 0 Å². The predicted molar refractivity (Wildman–Crippen MR) is 71.4 cm³/mol. The molecule has 2 aromatic heterocycles. The van der Waals surface area contributed by atoms with Crippen LogP contribution in [0.1, 0.15) is 0 Å². The highest BCUT2D eigenvalue weighted by Gasteiger charge is 2.09. The SMILES string of the molecule is Cn1nccc1-c1csc(-c2cccc(O)c2)n1. The molecule has 0 saturated carbocycles. The minimum absolute atomic E-state index is 0.254. The molecular weight excluding hydrogens is 246 g/mol. The lowest BCUT2D eigenvalue weighted by molar-refractivity contribution is 0.475. The summed E-state index contributed by atoms with van der Waals surface area (Å²) in [5, 5.41) is 16.5. The molecule has 3 rings (SSSR count). The number of rotatable bonds is 2. The maximum absolute atomic E-state index is 9.47. The van der Waals surface area contributed by atoms with Gasteiger partial charge in [0.05, 0.1) is 11.4 Å². The average Bonchev–Trinajstić information content (AvgIpc) is 2.97. The number of thiazole rings is 1. The predicted octanol–water partition coefficient (Wildman–Crippen LogP) is 2.92. The number of phenols is 1. The van der Waals surface area contributed by atoms with Gasteiger partial charge < -0.3 is 5.11 Å². The molecule has 0 fully saturated rings. The smallest absolute Gasteiger partial charge is 0.124 e.